The monoisotopic (exact) mass is 348 g/mol. The Hall–Kier alpha value is -1.99. The fourth-order valence-electron chi connectivity index (χ4n) is 2.08. The van der Waals surface area contributed by atoms with Crippen molar-refractivity contribution in [1.82, 2.24) is 4.90 Å². The lowest BCUT2D eigenvalue weighted by molar-refractivity contribution is -0.138. The summed E-state index contributed by atoms with van der Waals surface area (Å²) >= 11 is 0. The van der Waals surface area contributed by atoms with Gasteiger partial charge < -0.3 is 15.1 Å². The Labute approximate surface area is 137 Å². The maximum atomic E-state index is 12.9. The highest BCUT2D eigenvalue weighted by Gasteiger charge is 2.33. The van der Waals surface area contributed by atoms with E-state index in [1.165, 1.54) is 42.5 Å². The molecule has 0 saturated heterocycles. The predicted octanol–water partition coefficient (Wildman–Crippen LogP) is 3.45. The Morgan fingerprint density at radius 3 is 2.52 bits per heavy atom. The van der Waals surface area contributed by atoms with Gasteiger partial charge in [-0.1, -0.05) is 18.2 Å². The second-order valence-electron chi connectivity index (χ2n) is 4.82. The molecule has 23 heavy (non-hydrogen) atoms. The number of furan rings is 1. The van der Waals surface area contributed by atoms with Crippen LogP contribution in [-0.2, 0) is 19.3 Å². The lowest BCUT2D eigenvalue weighted by Gasteiger charge is -2.19. The molecule has 0 bridgehead atoms. The van der Waals surface area contributed by atoms with Crippen LogP contribution in [-0.4, -0.2) is 17.9 Å². The van der Waals surface area contributed by atoms with Crippen molar-refractivity contribution in [3.63, 3.8) is 0 Å². The van der Waals surface area contributed by atoms with E-state index in [-0.39, 0.29) is 36.6 Å². The summed E-state index contributed by atoms with van der Waals surface area (Å²) in [6.45, 7) is -0.00838. The van der Waals surface area contributed by atoms with Gasteiger partial charge in [0.2, 0.25) is 0 Å². The first kappa shape index (κ1) is 19.1. The van der Waals surface area contributed by atoms with Crippen LogP contribution in [0.3, 0.4) is 0 Å². The Morgan fingerprint density at radius 1 is 1.30 bits per heavy atom. The van der Waals surface area contributed by atoms with E-state index in [1.807, 2.05) is 0 Å². The second-order valence-corrected chi connectivity index (χ2v) is 4.82. The zero-order valence-corrected chi connectivity index (χ0v) is 13.1. The zero-order chi connectivity index (χ0) is 16.3. The molecule has 0 fully saturated rings. The molecule has 8 heteroatoms. The molecule has 2 rings (SSSR count). The number of rotatable bonds is 4. The molecule has 0 spiro atoms. The van der Waals surface area contributed by atoms with E-state index in [0.29, 0.717) is 5.76 Å². The molecule has 126 valence electrons. The van der Waals surface area contributed by atoms with Crippen LogP contribution in [0.2, 0.25) is 0 Å². The number of nitrogens with zero attached hydrogens (tertiary/aromatic N) is 1. The number of alkyl halides is 3. The molecular weight excluding hydrogens is 333 g/mol. The van der Waals surface area contributed by atoms with Crippen molar-refractivity contribution < 1.29 is 22.4 Å². The van der Waals surface area contributed by atoms with Gasteiger partial charge >= 0.3 is 6.18 Å². The van der Waals surface area contributed by atoms with Gasteiger partial charge in [0.1, 0.15) is 12.0 Å². The lowest BCUT2D eigenvalue weighted by Crippen LogP contribution is -2.27. The second kappa shape index (κ2) is 7.52. The maximum absolute atomic E-state index is 12.9. The van der Waals surface area contributed by atoms with Gasteiger partial charge in [0.25, 0.3) is 5.91 Å². The third-order valence-corrected chi connectivity index (χ3v) is 3.18. The van der Waals surface area contributed by atoms with E-state index in [0.717, 1.165) is 6.07 Å². The van der Waals surface area contributed by atoms with E-state index in [4.69, 9.17) is 10.2 Å². The van der Waals surface area contributed by atoms with Crippen molar-refractivity contribution in [2.75, 3.05) is 7.05 Å². The van der Waals surface area contributed by atoms with E-state index in [2.05, 4.69) is 0 Å². The standard InChI is InChI=1S/C15H15F3N2O2.ClH/c1-20(14(21)11-6-12(7-19)22-9-11)8-10-4-2-3-5-13(10)15(16,17)18;/h2-6,9H,7-8,19H2,1H3;1H. The summed E-state index contributed by atoms with van der Waals surface area (Å²) in [5, 5.41) is 0. The number of carbonyl (C=O) groups is 1. The Balaban J connectivity index is 0.00000264. The van der Waals surface area contributed by atoms with Crippen LogP contribution in [0.15, 0.2) is 41.0 Å². The van der Waals surface area contributed by atoms with Crippen LogP contribution in [0.5, 0.6) is 0 Å². The highest BCUT2D eigenvalue weighted by atomic mass is 35.5. The average molecular weight is 349 g/mol. The first-order valence-corrected chi connectivity index (χ1v) is 6.51. The summed E-state index contributed by atoms with van der Waals surface area (Å²) in [5.41, 5.74) is 4.93. The molecule has 0 aliphatic heterocycles. The van der Waals surface area contributed by atoms with Gasteiger partial charge in [0.05, 0.1) is 17.7 Å². The Bertz CT molecular complexity index is 671. The predicted molar refractivity (Wildman–Crippen MR) is 81.1 cm³/mol. The highest BCUT2D eigenvalue weighted by molar-refractivity contribution is 5.93. The molecule has 0 radical (unpaired) electrons. The van der Waals surface area contributed by atoms with Crippen molar-refractivity contribution in [3.05, 3.63) is 59.0 Å². The normalized spacial score (nSPS) is 11.0. The smallest absolute Gasteiger partial charge is 0.416 e. The van der Waals surface area contributed by atoms with Crippen LogP contribution >= 0.6 is 12.4 Å². The number of hydrogen-bond donors (Lipinski definition) is 1. The third-order valence-electron chi connectivity index (χ3n) is 3.18. The van der Waals surface area contributed by atoms with E-state index in [9.17, 15) is 18.0 Å². The summed E-state index contributed by atoms with van der Waals surface area (Å²) in [7, 11) is 1.44. The Kier molecular flexibility index (Phi) is 6.23. The fraction of sp³-hybridized carbons (Fsp3) is 0.267. The van der Waals surface area contributed by atoms with Gasteiger partial charge in [0.15, 0.2) is 0 Å². The van der Waals surface area contributed by atoms with E-state index in [1.54, 1.807) is 0 Å². The maximum Gasteiger partial charge on any atom is 0.416 e. The number of halogens is 4. The molecule has 0 unspecified atom stereocenters. The molecule has 0 saturated carbocycles. The van der Waals surface area contributed by atoms with Crippen LogP contribution in [0, 0.1) is 0 Å². The molecule has 0 aliphatic rings. The fourth-order valence-corrected chi connectivity index (χ4v) is 2.08. The molecule has 4 nitrogen and oxygen atoms in total. The Morgan fingerprint density at radius 2 is 1.96 bits per heavy atom. The van der Waals surface area contributed by atoms with Gasteiger partial charge in [-0.05, 0) is 17.7 Å². The van der Waals surface area contributed by atoms with Gasteiger partial charge in [-0.25, -0.2) is 0 Å². The van der Waals surface area contributed by atoms with Crippen molar-refractivity contribution in [2.24, 2.45) is 5.73 Å². The molecular formula is C15H16ClF3N2O2. The largest absolute Gasteiger partial charge is 0.467 e. The summed E-state index contributed by atoms with van der Waals surface area (Å²) in [4.78, 5) is 13.4. The van der Waals surface area contributed by atoms with E-state index < -0.39 is 17.6 Å². The molecule has 1 aromatic carbocycles. The number of carbonyl (C=O) groups excluding carboxylic acids is 1. The molecule has 0 aliphatic carbocycles. The number of benzene rings is 1. The SMILES string of the molecule is CN(Cc1ccccc1C(F)(F)F)C(=O)c1coc(CN)c1.Cl. The van der Waals surface area contributed by atoms with Gasteiger partial charge in [0, 0.05) is 13.6 Å². The van der Waals surface area contributed by atoms with Crippen LogP contribution in [0.4, 0.5) is 13.2 Å². The van der Waals surface area contributed by atoms with Crippen molar-refractivity contribution in [1.29, 1.82) is 0 Å². The molecule has 2 N–H and O–H groups in total. The summed E-state index contributed by atoms with van der Waals surface area (Å²) in [6.07, 6.45) is -3.21. The van der Waals surface area contributed by atoms with Gasteiger partial charge in [-0.15, -0.1) is 12.4 Å². The van der Waals surface area contributed by atoms with Crippen molar-refractivity contribution in [3.8, 4) is 0 Å². The summed E-state index contributed by atoms with van der Waals surface area (Å²) in [5.74, 6) is 0.00729. The topological polar surface area (TPSA) is 59.5 Å². The molecule has 2 aromatic rings. The zero-order valence-electron chi connectivity index (χ0n) is 12.3. The van der Waals surface area contributed by atoms with Crippen LogP contribution in [0.1, 0.15) is 27.2 Å². The average Bonchev–Trinajstić information content (AvgIpc) is 2.94. The first-order valence-electron chi connectivity index (χ1n) is 6.51. The third kappa shape index (κ3) is 4.49. The highest BCUT2D eigenvalue weighted by Crippen LogP contribution is 2.32. The van der Waals surface area contributed by atoms with Crippen LogP contribution < -0.4 is 5.73 Å². The van der Waals surface area contributed by atoms with Gasteiger partial charge in [-0.2, -0.15) is 13.2 Å². The van der Waals surface area contributed by atoms with Crippen LogP contribution in [0.25, 0.3) is 0 Å². The van der Waals surface area contributed by atoms with E-state index >= 15 is 0 Å². The minimum atomic E-state index is -4.46. The summed E-state index contributed by atoms with van der Waals surface area (Å²) in [6, 6.07) is 6.66. The quantitative estimate of drug-likeness (QED) is 0.920. The first-order chi connectivity index (χ1) is 10.3. The van der Waals surface area contributed by atoms with Crippen molar-refractivity contribution in [2.45, 2.75) is 19.3 Å². The van der Waals surface area contributed by atoms with Crippen molar-refractivity contribution >= 4 is 18.3 Å². The molecule has 1 aromatic heterocycles. The molecule has 0 atom stereocenters. The molecule has 1 heterocycles. The molecule has 1 amide bonds. The lowest BCUT2D eigenvalue weighted by atomic mass is 10.1. The number of amides is 1. The minimum absolute atomic E-state index is 0. The minimum Gasteiger partial charge on any atom is -0.467 e. The number of nitrogens with two attached hydrogens (primary N) is 1. The number of hydrogen-bond acceptors (Lipinski definition) is 3. The van der Waals surface area contributed by atoms with Gasteiger partial charge in [-0.3, -0.25) is 4.79 Å². The summed E-state index contributed by atoms with van der Waals surface area (Å²) < 4.78 is 43.9.